The van der Waals surface area contributed by atoms with Crippen molar-refractivity contribution >= 4 is 11.7 Å². The van der Waals surface area contributed by atoms with Gasteiger partial charge in [-0.25, -0.2) is 13.8 Å². The van der Waals surface area contributed by atoms with Gasteiger partial charge in [0.25, 0.3) is 6.43 Å². The fourth-order valence-electron chi connectivity index (χ4n) is 1.95. The van der Waals surface area contributed by atoms with E-state index in [0.717, 1.165) is 0 Å². The molecule has 0 aliphatic carbocycles. The minimum atomic E-state index is -2.56. The molecule has 0 saturated carbocycles. The molecule has 0 aliphatic rings. The number of aryl methyl sites for hydroxylation is 2. The van der Waals surface area contributed by atoms with Crippen LogP contribution in [-0.4, -0.2) is 42.0 Å². The lowest BCUT2D eigenvalue weighted by Gasteiger charge is -2.25. The zero-order valence-electron chi connectivity index (χ0n) is 11.0. The number of nitrogens with two attached hydrogens (primary N) is 1. The van der Waals surface area contributed by atoms with Crippen LogP contribution in [0, 0.1) is 19.3 Å². The summed E-state index contributed by atoms with van der Waals surface area (Å²) < 4.78 is 25.2. The van der Waals surface area contributed by atoms with Crippen LogP contribution in [0.1, 0.15) is 16.8 Å². The predicted octanol–water partition coefficient (Wildman–Crippen LogP) is 1.05. The highest BCUT2D eigenvalue weighted by atomic mass is 19.3. The van der Waals surface area contributed by atoms with E-state index in [1.807, 2.05) is 0 Å². The molecule has 5 nitrogen and oxygen atoms in total. The molecule has 1 aromatic heterocycles. The number of nitrogens with zero attached hydrogens (tertiary/aromatic N) is 2. The van der Waals surface area contributed by atoms with Crippen LogP contribution in [0.4, 0.5) is 14.6 Å². The number of rotatable bonds is 6. The fraction of sp³-hybridized carbons (Fsp3) is 0.500. The van der Waals surface area contributed by atoms with Crippen molar-refractivity contribution in [1.29, 1.82) is 5.41 Å². The molecule has 0 bridgehead atoms. The first-order chi connectivity index (χ1) is 8.86. The zero-order valence-corrected chi connectivity index (χ0v) is 11.0. The second kappa shape index (κ2) is 6.42. The molecular weight excluding hydrogens is 254 g/mol. The van der Waals surface area contributed by atoms with Gasteiger partial charge in [0, 0.05) is 12.2 Å². The number of nitrogen functional groups attached to an aromatic ring is 1. The number of aromatic nitrogens is 1. The highest BCUT2D eigenvalue weighted by Crippen LogP contribution is 2.22. The van der Waals surface area contributed by atoms with E-state index in [1.165, 1.54) is 4.90 Å². The summed E-state index contributed by atoms with van der Waals surface area (Å²) in [7, 11) is 0. The van der Waals surface area contributed by atoms with Crippen LogP contribution < -0.4 is 10.6 Å². The molecule has 7 heteroatoms. The van der Waals surface area contributed by atoms with Crippen molar-refractivity contribution in [1.82, 2.24) is 4.98 Å². The number of hydrogen-bond donors (Lipinski definition) is 3. The lowest BCUT2D eigenvalue weighted by Crippen LogP contribution is -2.34. The van der Waals surface area contributed by atoms with Crippen LogP contribution in [0.15, 0.2) is 6.07 Å². The summed E-state index contributed by atoms with van der Waals surface area (Å²) in [6.07, 6.45) is -2.56. The minimum Gasteiger partial charge on any atom is -0.395 e. The van der Waals surface area contributed by atoms with Crippen LogP contribution in [0.25, 0.3) is 0 Å². The molecule has 0 fully saturated rings. The van der Waals surface area contributed by atoms with Gasteiger partial charge in [-0.15, -0.1) is 0 Å². The monoisotopic (exact) mass is 272 g/mol. The fourth-order valence-corrected chi connectivity index (χ4v) is 1.95. The van der Waals surface area contributed by atoms with E-state index in [9.17, 15) is 8.78 Å². The van der Waals surface area contributed by atoms with Gasteiger partial charge in [0.15, 0.2) is 0 Å². The van der Waals surface area contributed by atoms with Crippen LogP contribution in [-0.2, 0) is 0 Å². The Morgan fingerprint density at radius 1 is 1.53 bits per heavy atom. The molecule has 0 spiro atoms. The Labute approximate surface area is 110 Å². The maximum absolute atomic E-state index is 12.6. The number of anilines is 1. The molecule has 1 heterocycles. The molecule has 106 valence electrons. The summed E-state index contributed by atoms with van der Waals surface area (Å²) in [4.78, 5) is 5.44. The zero-order chi connectivity index (χ0) is 14.6. The largest absolute Gasteiger partial charge is 0.395 e. The van der Waals surface area contributed by atoms with E-state index >= 15 is 0 Å². The maximum atomic E-state index is 12.6. The maximum Gasteiger partial charge on any atom is 0.255 e. The average molecular weight is 272 g/mol. The first-order valence-electron chi connectivity index (χ1n) is 5.83. The van der Waals surface area contributed by atoms with E-state index in [1.54, 1.807) is 19.9 Å². The lowest BCUT2D eigenvalue weighted by atomic mass is 10.1. The van der Waals surface area contributed by atoms with Crippen molar-refractivity contribution in [3.8, 4) is 0 Å². The van der Waals surface area contributed by atoms with Gasteiger partial charge in [-0.2, -0.15) is 0 Å². The Hall–Kier alpha value is -1.76. The molecule has 0 atom stereocenters. The third-order valence-electron chi connectivity index (χ3n) is 2.62. The van der Waals surface area contributed by atoms with Gasteiger partial charge in [0.2, 0.25) is 0 Å². The van der Waals surface area contributed by atoms with Gasteiger partial charge >= 0.3 is 0 Å². The highest BCUT2D eigenvalue weighted by molar-refractivity contribution is 6.01. The van der Waals surface area contributed by atoms with E-state index in [-0.39, 0.29) is 24.8 Å². The Morgan fingerprint density at radius 3 is 2.63 bits per heavy atom. The van der Waals surface area contributed by atoms with Gasteiger partial charge in [-0.1, -0.05) is 0 Å². The smallest absolute Gasteiger partial charge is 0.255 e. The second-order valence-corrected chi connectivity index (χ2v) is 4.25. The summed E-state index contributed by atoms with van der Waals surface area (Å²) in [6.45, 7) is 2.66. The molecule has 0 aromatic carbocycles. The van der Waals surface area contributed by atoms with E-state index in [2.05, 4.69) is 4.98 Å². The number of nitrogens with one attached hydrogen (secondary N) is 1. The molecule has 0 saturated heterocycles. The van der Waals surface area contributed by atoms with Crippen molar-refractivity contribution in [3.63, 3.8) is 0 Å². The third kappa shape index (κ3) is 3.85. The van der Waals surface area contributed by atoms with E-state index in [0.29, 0.717) is 16.8 Å². The summed E-state index contributed by atoms with van der Waals surface area (Å²) >= 11 is 0. The molecule has 0 amide bonds. The Balaban J connectivity index is 3.30. The molecule has 1 rings (SSSR count). The number of pyridine rings is 1. The number of hydrogen-bond acceptors (Lipinski definition) is 4. The number of aliphatic hydroxyl groups excluding tert-OH is 1. The van der Waals surface area contributed by atoms with Crippen LogP contribution >= 0.6 is 0 Å². The topological polar surface area (TPSA) is 86.2 Å². The quantitative estimate of drug-likeness (QED) is 0.533. The summed E-state index contributed by atoms with van der Waals surface area (Å²) in [6, 6.07) is 1.74. The van der Waals surface area contributed by atoms with E-state index in [4.69, 9.17) is 16.2 Å². The van der Waals surface area contributed by atoms with E-state index < -0.39 is 13.0 Å². The molecule has 19 heavy (non-hydrogen) atoms. The Morgan fingerprint density at radius 2 is 2.16 bits per heavy atom. The van der Waals surface area contributed by atoms with Crippen LogP contribution in [0.2, 0.25) is 0 Å². The van der Waals surface area contributed by atoms with Crippen molar-refractivity contribution in [2.75, 3.05) is 24.6 Å². The van der Waals surface area contributed by atoms with Crippen LogP contribution in [0.5, 0.6) is 0 Å². The first kappa shape index (κ1) is 15.3. The summed E-state index contributed by atoms with van der Waals surface area (Å²) in [5.74, 6) is -0.00319. The van der Waals surface area contributed by atoms with Gasteiger partial charge in [0.05, 0.1) is 18.7 Å². The Bertz CT molecular complexity index is 465. The lowest BCUT2D eigenvalue weighted by molar-refractivity contribution is 0.152. The van der Waals surface area contributed by atoms with Crippen molar-refractivity contribution in [2.45, 2.75) is 20.3 Å². The van der Waals surface area contributed by atoms with Crippen molar-refractivity contribution in [2.24, 2.45) is 5.73 Å². The second-order valence-electron chi connectivity index (χ2n) is 4.25. The van der Waals surface area contributed by atoms with Gasteiger partial charge < -0.3 is 15.7 Å². The standard InChI is InChI=1S/C12H18F2N4O/c1-7-5-8(2)17-12(10(7)11(15)16)18(3-4-19)6-9(13)14/h5,9,19H,3-4,6H2,1-2H3,(H3,15,16). The Kier molecular flexibility index (Phi) is 5.17. The highest BCUT2D eigenvalue weighted by Gasteiger charge is 2.20. The molecule has 0 aliphatic heterocycles. The first-order valence-corrected chi connectivity index (χ1v) is 5.83. The molecule has 0 unspecified atom stereocenters. The number of aliphatic hydroxyl groups is 1. The third-order valence-corrected chi connectivity index (χ3v) is 2.62. The molecule has 0 radical (unpaired) electrons. The number of alkyl halides is 2. The van der Waals surface area contributed by atoms with Crippen molar-refractivity contribution in [3.05, 3.63) is 22.9 Å². The van der Waals surface area contributed by atoms with Gasteiger partial charge in [0.1, 0.15) is 11.7 Å². The summed E-state index contributed by atoms with van der Waals surface area (Å²) in [5, 5.41) is 16.5. The van der Waals surface area contributed by atoms with Crippen LogP contribution in [0.3, 0.4) is 0 Å². The number of amidine groups is 1. The van der Waals surface area contributed by atoms with Gasteiger partial charge in [-0.05, 0) is 25.5 Å². The van der Waals surface area contributed by atoms with Gasteiger partial charge in [-0.3, -0.25) is 5.41 Å². The normalized spacial score (nSPS) is 10.8. The predicted molar refractivity (Wildman–Crippen MR) is 70.0 cm³/mol. The van der Waals surface area contributed by atoms with Crippen molar-refractivity contribution < 1.29 is 13.9 Å². The average Bonchev–Trinajstić information content (AvgIpc) is 2.25. The number of halogens is 2. The molecule has 4 N–H and O–H groups in total. The molecular formula is C12H18F2N4O. The summed E-state index contributed by atoms with van der Waals surface area (Å²) in [5.41, 5.74) is 7.18. The molecule has 1 aromatic rings. The minimum absolute atomic E-state index is 0.0144. The SMILES string of the molecule is Cc1cc(C)c(C(=N)N)c(N(CCO)CC(F)F)n1.